The van der Waals surface area contributed by atoms with E-state index in [0.717, 1.165) is 5.56 Å². The summed E-state index contributed by atoms with van der Waals surface area (Å²) in [6.07, 6.45) is 2.42. The van der Waals surface area contributed by atoms with Crippen molar-refractivity contribution in [1.29, 1.82) is 0 Å². The lowest BCUT2D eigenvalue weighted by Crippen LogP contribution is -2.00. The highest BCUT2D eigenvalue weighted by Crippen LogP contribution is 2.34. The first kappa shape index (κ1) is 13.9. The Kier molecular flexibility index (Phi) is 3.59. The van der Waals surface area contributed by atoms with Crippen LogP contribution < -0.4 is 4.74 Å². The number of carboxylic acids is 1. The zero-order valence-corrected chi connectivity index (χ0v) is 12.3. The van der Waals surface area contributed by atoms with Crippen LogP contribution in [-0.2, 0) is 7.05 Å². The predicted octanol–water partition coefficient (Wildman–Crippen LogP) is 3.23. The molecule has 110 valence electrons. The van der Waals surface area contributed by atoms with Crippen LogP contribution in [0.4, 0.5) is 0 Å². The molecule has 6 heteroatoms. The summed E-state index contributed by atoms with van der Waals surface area (Å²) in [6.45, 7) is 0.676. The molecule has 0 amide bonds. The summed E-state index contributed by atoms with van der Waals surface area (Å²) >= 11 is 6.14. The molecule has 0 atom stereocenters. The van der Waals surface area contributed by atoms with Crippen LogP contribution in [0.3, 0.4) is 0 Å². The molecule has 0 unspecified atom stereocenters. The van der Waals surface area contributed by atoms with Crippen LogP contribution in [0.1, 0.15) is 23.3 Å². The number of aromatic carboxylic acids is 1. The van der Waals surface area contributed by atoms with Gasteiger partial charge >= 0.3 is 5.97 Å². The lowest BCUT2D eigenvalue weighted by molar-refractivity contribution is 0.0689. The summed E-state index contributed by atoms with van der Waals surface area (Å²) < 4.78 is 7.28. The SMILES string of the molecule is Cn1nc(C(=O)O)cc1-c1ccc(Cl)c(OCC2CC2)c1. The minimum absolute atomic E-state index is 0.0166. The molecule has 1 fully saturated rings. The maximum Gasteiger partial charge on any atom is 0.356 e. The quantitative estimate of drug-likeness (QED) is 0.921. The fourth-order valence-electron chi connectivity index (χ4n) is 2.11. The zero-order chi connectivity index (χ0) is 15.0. The fourth-order valence-corrected chi connectivity index (χ4v) is 2.28. The molecular weight excluding hydrogens is 292 g/mol. The third-order valence-electron chi connectivity index (χ3n) is 3.50. The van der Waals surface area contributed by atoms with Crippen LogP contribution in [0.2, 0.25) is 5.02 Å². The first-order chi connectivity index (χ1) is 10.0. The van der Waals surface area contributed by atoms with E-state index in [1.54, 1.807) is 13.1 Å². The van der Waals surface area contributed by atoms with Gasteiger partial charge in [-0.05, 0) is 37.0 Å². The Labute approximate surface area is 127 Å². The topological polar surface area (TPSA) is 64.4 Å². The van der Waals surface area contributed by atoms with Gasteiger partial charge in [0.2, 0.25) is 0 Å². The molecule has 1 aliphatic rings. The van der Waals surface area contributed by atoms with Gasteiger partial charge in [0.1, 0.15) is 5.75 Å². The smallest absolute Gasteiger partial charge is 0.356 e. The van der Waals surface area contributed by atoms with Crippen LogP contribution in [0.25, 0.3) is 11.3 Å². The average molecular weight is 307 g/mol. The first-order valence-electron chi connectivity index (χ1n) is 6.74. The molecule has 0 saturated heterocycles. The second-order valence-electron chi connectivity index (χ2n) is 5.24. The highest BCUT2D eigenvalue weighted by molar-refractivity contribution is 6.32. The van der Waals surface area contributed by atoms with E-state index in [9.17, 15) is 4.79 Å². The van der Waals surface area contributed by atoms with Gasteiger partial charge in [0.25, 0.3) is 0 Å². The van der Waals surface area contributed by atoms with Crippen molar-refractivity contribution in [2.24, 2.45) is 13.0 Å². The van der Waals surface area contributed by atoms with Crippen LogP contribution in [0.5, 0.6) is 5.75 Å². The standard InChI is InChI=1S/C15H15ClN2O3/c1-18-13(7-12(17-18)15(19)20)10-4-5-11(16)14(6-10)21-8-9-2-3-9/h4-7,9H,2-3,8H2,1H3,(H,19,20). The number of ether oxygens (including phenoxy) is 1. The molecule has 1 saturated carbocycles. The number of carbonyl (C=O) groups is 1. The van der Waals surface area contributed by atoms with Gasteiger partial charge in [-0.15, -0.1) is 0 Å². The maximum atomic E-state index is 11.0. The Morgan fingerprint density at radius 1 is 1.48 bits per heavy atom. The number of aryl methyl sites for hydroxylation is 1. The number of aromatic nitrogens is 2. The largest absolute Gasteiger partial charge is 0.492 e. The van der Waals surface area contributed by atoms with Crippen LogP contribution in [0, 0.1) is 5.92 Å². The molecule has 3 rings (SSSR count). The Balaban J connectivity index is 1.90. The van der Waals surface area contributed by atoms with Gasteiger partial charge in [0.15, 0.2) is 5.69 Å². The van der Waals surface area contributed by atoms with Crippen LogP contribution >= 0.6 is 11.6 Å². The number of halogens is 1. The third-order valence-corrected chi connectivity index (χ3v) is 3.81. The number of benzene rings is 1. The van der Waals surface area contributed by atoms with E-state index >= 15 is 0 Å². The molecule has 2 aromatic rings. The Morgan fingerprint density at radius 3 is 2.86 bits per heavy atom. The molecule has 0 aliphatic heterocycles. The molecular formula is C15H15ClN2O3. The first-order valence-corrected chi connectivity index (χ1v) is 7.12. The molecule has 0 radical (unpaired) electrons. The number of nitrogens with zero attached hydrogens (tertiary/aromatic N) is 2. The van der Waals surface area contributed by atoms with E-state index in [4.69, 9.17) is 21.4 Å². The second-order valence-corrected chi connectivity index (χ2v) is 5.65. The van der Waals surface area contributed by atoms with Crippen molar-refractivity contribution in [3.05, 3.63) is 35.0 Å². The highest BCUT2D eigenvalue weighted by atomic mass is 35.5. The number of carboxylic acid groups (broad SMARTS) is 1. The molecule has 1 aromatic carbocycles. The molecule has 1 N–H and O–H groups in total. The van der Waals surface area contributed by atoms with Crippen LogP contribution in [-0.4, -0.2) is 27.5 Å². The van der Waals surface area contributed by atoms with E-state index in [-0.39, 0.29) is 5.69 Å². The molecule has 21 heavy (non-hydrogen) atoms. The monoisotopic (exact) mass is 306 g/mol. The van der Waals surface area contributed by atoms with Crippen molar-refractivity contribution >= 4 is 17.6 Å². The van der Waals surface area contributed by atoms with Crippen molar-refractivity contribution in [2.75, 3.05) is 6.61 Å². The van der Waals surface area contributed by atoms with Crippen molar-refractivity contribution < 1.29 is 14.6 Å². The van der Waals surface area contributed by atoms with E-state index in [1.807, 2.05) is 12.1 Å². The Bertz CT molecular complexity index is 692. The lowest BCUT2D eigenvalue weighted by atomic mass is 10.1. The number of hydrogen-bond donors (Lipinski definition) is 1. The molecule has 1 heterocycles. The lowest BCUT2D eigenvalue weighted by Gasteiger charge is -2.09. The van der Waals surface area contributed by atoms with Gasteiger partial charge in [-0.2, -0.15) is 5.10 Å². The van der Waals surface area contributed by atoms with Crippen molar-refractivity contribution in [2.45, 2.75) is 12.8 Å². The number of rotatable bonds is 5. The average Bonchev–Trinajstić information content (AvgIpc) is 3.19. The fraction of sp³-hybridized carbons (Fsp3) is 0.333. The molecule has 0 spiro atoms. The van der Waals surface area contributed by atoms with Crippen LogP contribution in [0.15, 0.2) is 24.3 Å². The van der Waals surface area contributed by atoms with E-state index < -0.39 is 5.97 Å². The normalized spacial score (nSPS) is 14.2. The second kappa shape index (κ2) is 5.41. The number of hydrogen-bond acceptors (Lipinski definition) is 3. The summed E-state index contributed by atoms with van der Waals surface area (Å²) in [5.41, 5.74) is 1.55. The summed E-state index contributed by atoms with van der Waals surface area (Å²) in [6, 6.07) is 6.95. The van der Waals surface area contributed by atoms with Crippen molar-refractivity contribution in [1.82, 2.24) is 9.78 Å². The summed E-state index contributed by atoms with van der Waals surface area (Å²) in [5.74, 6) is 0.218. The zero-order valence-electron chi connectivity index (χ0n) is 11.5. The van der Waals surface area contributed by atoms with Gasteiger partial charge in [-0.3, -0.25) is 4.68 Å². The molecule has 0 bridgehead atoms. The van der Waals surface area contributed by atoms with E-state index in [1.165, 1.54) is 23.6 Å². The Morgan fingerprint density at radius 2 is 2.24 bits per heavy atom. The van der Waals surface area contributed by atoms with E-state index in [2.05, 4.69) is 5.10 Å². The van der Waals surface area contributed by atoms with Crippen molar-refractivity contribution in [3.8, 4) is 17.0 Å². The van der Waals surface area contributed by atoms with Gasteiger partial charge in [0, 0.05) is 12.6 Å². The minimum atomic E-state index is -1.05. The predicted molar refractivity (Wildman–Crippen MR) is 78.8 cm³/mol. The van der Waals surface area contributed by atoms with Gasteiger partial charge in [-0.1, -0.05) is 17.7 Å². The van der Waals surface area contributed by atoms with E-state index in [0.29, 0.717) is 29.0 Å². The summed E-state index contributed by atoms with van der Waals surface area (Å²) in [4.78, 5) is 11.0. The highest BCUT2D eigenvalue weighted by Gasteiger charge is 2.22. The molecule has 1 aromatic heterocycles. The summed E-state index contributed by atoms with van der Waals surface area (Å²) in [7, 11) is 1.71. The maximum absolute atomic E-state index is 11.0. The van der Waals surface area contributed by atoms with Gasteiger partial charge in [-0.25, -0.2) is 4.79 Å². The third kappa shape index (κ3) is 3.03. The van der Waals surface area contributed by atoms with Crippen molar-refractivity contribution in [3.63, 3.8) is 0 Å². The van der Waals surface area contributed by atoms with Gasteiger partial charge in [0.05, 0.1) is 17.3 Å². The Hall–Kier alpha value is -2.01. The molecule has 1 aliphatic carbocycles. The summed E-state index contributed by atoms with van der Waals surface area (Å²) in [5, 5.41) is 13.5. The van der Waals surface area contributed by atoms with Gasteiger partial charge < -0.3 is 9.84 Å². The minimum Gasteiger partial charge on any atom is -0.492 e. The molecule has 5 nitrogen and oxygen atoms in total.